The molecule has 22 heavy (non-hydrogen) atoms. The van der Waals surface area contributed by atoms with Crippen LogP contribution >= 0.6 is 0 Å². The SMILES string of the molecule is CN=C(NCCOCCC(C)C)NCc1cccc(OC)n1. The van der Waals surface area contributed by atoms with Gasteiger partial charge in [0.1, 0.15) is 0 Å². The molecule has 0 radical (unpaired) electrons. The number of hydrogen-bond donors (Lipinski definition) is 2. The lowest BCUT2D eigenvalue weighted by Crippen LogP contribution is -2.38. The summed E-state index contributed by atoms with van der Waals surface area (Å²) in [7, 11) is 3.35. The number of methoxy groups -OCH3 is 1. The number of aliphatic imine (C=N–C) groups is 1. The maximum absolute atomic E-state index is 5.56. The van der Waals surface area contributed by atoms with Gasteiger partial charge in [-0.2, -0.15) is 0 Å². The summed E-state index contributed by atoms with van der Waals surface area (Å²) in [5.74, 6) is 2.02. The number of nitrogens with one attached hydrogen (secondary N) is 2. The van der Waals surface area contributed by atoms with E-state index in [9.17, 15) is 0 Å². The van der Waals surface area contributed by atoms with Gasteiger partial charge in [0.25, 0.3) is 0 Å². The molecule has 0 aliphatic carbocycles. The molecule has 2 N–H and O–H groups in total. The monoisotopic (exact) mass is 308 g/mol. The van der Waals surface area contributed by atoms with E-state index in [0.717, 1.165) is 31.2 Å². The minimum Gasteiger partial charge on any atom is -0.481 e. The standard InChI is InChI=1S/C16H28N4O2/c1-13(2)8-10-22-11-9-18-16(17-3)19-12-14-6-5-7-15(20-14)21-4/h5-7,13H,8-12H2,1-4H3,(H2,17,18,19). The molecule has 0 atom stereocenters. The largest absolute Gasteiger partial charge is 0.481 e. The quantitative estimate of drug-likeness (QED) is 0.414. The van der Waals surface area contributed by atoms with Crippen LogP contribution in [0.4, 0.5) is 0 Å². The average molecular weight is 308 g/mol. The summed E-state index contributed by atoms with van der Waals surface area (Å²) in [6.45, 7) is 7.18. The minimum atomic E-state index is 0.588. The topological polar surface area (TPSA) is 67.8 Å². The first-order valence-electron chi connectivity index (χ1n) is 7.68. The van der Waals surface area contributed by atoms with E-state index in [0.29, 0.717) is 24.9 Å². The number of hydrogen-bond acceptors (Lipinski definition) is 4. The first kappa shape index (κ1) is 18.2. The highest BCUT2D eigenvalue weighted by Crippen LogP contribution is 2.05. The third-order valence-corrected chi connectivity index (χ3v) is 3.03. The van der Waals surface area contributed by atoms with Gasteiger partial charge in [0.15, 0.2) is 5.96 Å². The van der Waals surface area contributed by atoms with Crippen LogP contribution in [0.1, 0.15) is 26.0 Å². The summed E-state index contributed by atoms with van der Waals surface area (Å²) in [6.07, 6.45) is 1.09. The van der Waals surface area contributed by atoms with Crippen molar-refractivity contribution in [3.8, 4) is 5.88 Å². The zero-order chi connectivity index (χ0) is 16.2. The van der Waals surface area contributed by atoms with Crippen LogP contribution in [0.25, 0.3) is 0 Å². The molecule has 0 spiro atoms. The Kier molecular flexibility index (Phi) is 8.98. The molecule has 0 fully saturated rings. The number of aromatic nitrogens is 1. The van der Waals surface area contributed by atoms with Crippen LogP contribution in [0.2, 0.25) is 0 Å². The number of rotatable bonds is 9. The van der Waals surface area contributed by atoms with Crippen molar-refractivity contribution in [2.75, 3.05) is 33.9 Å². The zero-order valence-electron chi connectivity index (χ0n) is 14.1. The smallest absolute Gasteiger partial charge is 0.213 e. The number of pyridine rings is 1. The maximum atomic E-state index is 5.56. The highest BCUT2D eigenvalue weighted by Gasteiger charge is 2.01. The molecule has 0 saturated carbocycles. The molecule has 124 valence electrons. The lowest BCUT2D eigenvalue weighted by molar-refractivity contribution is 0.128. The van der Waals surface area contributed by atoms with E-state index in [1.807, 2.05) is 18.2 Å². The summed E-state index contributed by atoms with van der Waals surface area (Å²) in [5.41, 5.74) is 0.899. The molecule has 0 unspecified atom stereocenters. The van der Waals surface area contributed by atoms with Crippen LogP contribution in [0, 0.1) is 5.92 Å². The Labute approximate surface area is 133 Å². The first-order valence-corrected chi connectivity index (χ1v) is 7.68. The zero-order valence-corrected chi connectivity index (χ0v) is 14.1. The molecule has 6 heteroatoms. The minimum absolute atomic E-state index is 0.588. The van der Waals surface area contributed by atoms with Gasteiger partial charge in [0.2, 0.25) is 5.88 Å². The Hall–Kier alpha value is -1.82. The summed E-state index contributed by atoms with van der Waals surface area (Å²) >= 11 is 0. The van der Waals surface area contributed by atoms with Crippen LogP contribution in [0.5, 0.6) is 5.88 Å². The second-order valence-corrected chi connectivity index (χ2v) is 5.32. The van der Waals surface area contributed by atoms with Gasteiger partial charge in [-0.25, -0.2) is 4.98 Å². The van der Waals surface area contributed by atoms with Gasteiger partial charge in [-0.15, -0.1) is 0 Å². The van der Waals surface area contributed by atoms with Gasteiger partial charge in [0.05, 0.1) is 26.0 Å². The summed E-state index contributed by atoms with van der Waals surface area (Å²) in [6, 6.07) is 5.69. The van der Waals surface area contributed by atoms with E-state index in [2.05, 4.69) is 34.5 Å². The van der Waals surface area contributed by atoms with Crippen molar-refractivity contribution in [2.24, 2.45) is 10.9 Å². The molecule has 0 aliphatic rings. The van der Waals surface area contributed by atoms with Gasteiger partial charge < -0.3 is 20.1 Å². The van der Waals surface area contributed by atoms with Crippen LogP contribution in [-0.4, -0.2) is 44.9 Å². The Bertz CT molecular complexity index is 450. The lowest BCUT2D eigenvalue weighted by Gasteiger charge is -2.12. The molecule has 0 aliphatic heterocycles. The predicted molar refractivity (Wildman–Crippen MR) is 89.3 cm³/mol. The van der Waals surface area contributed by atoms with E-state index in [-0.39, 0.29) is 0 Å². The normalized spacial score (nSPS) is 11.6. The number of nitrogens with zero attached hydrogens (tertiary/aromatic N) is 2. The first-order chi connectivity index (χ1) is 10.7. The van der Waals surface area contributed by atoms with Gasteiger partial charge in [-0.1, -0.05) is 19.9 Å². The summed E-state index contributed by atoms with van der Waals surface area (Å²) in [4.78, 5) is 8.51. The second kappa shape index (κ2) is 10.8. The van der Waals surface area contributed by atoms with Crippen molar-refractivity contribution < 1.29 is 9.47 Å². The fourth-order valence-electron chi connectivity index (χ4n) is 1.73. The molecule has 1 aromatic heterocycles. The molecule has 6 nitrogen and oxygen atoms in total. The molecule has 1 heterocycles. The molecule has 1 aromatic rings. The Morgan fingerprint density at radius 2 is 2.09 bits per heavy atom. The fourth-order valence-corrected chi connectivity index (χ4v) is 1.73. The van der Waals surface area contributed by atoms with Crippen LogP contribution in [-0.2, 0) is 11.3 Å². The van der Waals surface area contributed by atoms with Gasteiger partial charge in [-0.3, -0.25) is 4.99 Å². The molecule has 0 aromatic carbocycles. The van der Waals surface area contributed by atoms with Gasteiger partial charge in [0, 0.05) is 26.3 Å². The Balaban J connectivity index is 2.22. The third-order valence-electron chi connectivity index (χ3n) is 3.03. The Morgan fingerprint density at radius 1 is 1.27 bits per heavy atom. The highest BCUT2D eigenvalue weighted by molar-refractivity contribution is 5.79. The molecule has 0 amide bonds. The predicted octanol–water partition coefficient (Wildman–Crippen LogP) is 1.82. The molecule has 1 rings (SSSR count). The summed E-state index contributed by atoms with van der Waals surface area (Å²) < 4.78 is 10.7. The van der Waals surface area contributed by atoms with E-state index < -0.39 is 0 Å². The fraction of sp³-hybridized carbons (Fsp3) is 0.625. The van der Waals surface area contributed by atoms with Gasteiger partial charge >= 0.3 is 0 Å². The third kappa shape index (κ3) is 7.83. The van der Waals surface area contributed by atoms with E-state index in [1.165, 1.54) is 0 Å². The van der Waals surface area contributed by atoms with Crippen LogP contribution < -0.4 is 15.4 Å². The van der Waals surface area contributed by atoms with Crippen molar-refractivity contribution in [1.29, 1.82) is 0 Å². The molecule has 0 saturated heterocycles. The average Bonchev–Trinajstić information content (AvgIpc) is 2.53. The van der Waals surface area contributed by atoms with Crippen molar-refractivity contribution in [3.05, 3.63) is 23.9 Å². The van der Waals surface area contributed by atoms with Crippen molar-refractivity contribution >= 4 is 5.96 Å². The van der Waals surface area contributed by atoms with E-state index >= 15 is 0 Å². The van der Waals surface area contributed by atoms with Crippen LogP contribution in [0.15, 0.2) is 23.2 Å². The number of ether oxygens (including phenoxy) is 2. The van der Waals surface area contributed by atoms with E-state index in [4.69, 9.17) is 9.47 Å². The Morgan fingerprint density at radius 3 is 2.77 bits per heavy atom. The summed E-state index contributed by atoms with van der Waals surface area (Å²) in [5, 5.41) is 6.42. The second-order valence-electron chi connectivity index (χ2n) is 5.32. The molecular weight excluding hydrogens is 280 g/mol. The van der Waals surface area contributed by atoms with Crippen LogP contribution in [0.3, 0.4) is 0 Å². The van der Waals surface area contributed by atoms with Gasteiger partial charge in [-0.05, 0) is 18.4 Å². The molecule has 0 bridgehead atoms. The maximum Gasteiger partial charge on any atom is 0.213 e. The van der Waals surface area contributed by atoms with Crippen molar-refractivity contribution in [3.63, 3.8) is 0 Å². The lowest BCUT2D eigenvalue weighted by atomic mass is 10.1. The van der Waals surface area contributed by atoms with Crippen molar-refractivity contribution in [2.45, 2.75) is 26.8 Å². The van der Waals surface area contributed by atoms with Crippen molar-refractivity contribution in [1.82, 2.24) is 15.6 Å². The van der Waals surface area contributed by atoms with E-state index in [1.54, 1.807) is 14.2 Å². The highest BCUT2D eigenvalue weighted by atomic mass is 16.5. The molecular formula is C16H28N4O2. The number of guanidine groups is 1.